The van der Waals surface area contributed by atoms with Crippen LogP contribution in [0.2, 0.25) is 0 Å². The van der Waals surface area contributed by atoms with Crippen LogP contribution in [0.1, 0.15) is 28.7 Å². The van der Waals surface area contributed by atoms with Gasteiger partial charge in [-0.2, -0.15) is 0 Å². The standard InChI is InChI=1S/C15H16.C8H9F/c1-3-8-14(9-4-1)12-7-13-15-10-5-2-6-11-15;1-6-3-4-7(2)8(9)5-6/h1-6,8-11H,7,12-13H2;3-5H,1-2H3. The van der Waals surface area contributed by atoms with E-state index in [-0.39, 0.29) is 5.82 Å². The van der Waals surface area contributed by atoms with Crippen LogP contribution in [0.3, 0.4) is 0 Å². The maximum absolute atomic E-state index is 12.6. The van der Waals surface area contributed by atoms with Crippen LogP contribution in [0.4, 0.5) is 4.39 Å². The number of hydrogen-bond donors (Lipinski definition) is 0. The first-order valence-corrected chi connectivity index (χ1v) is 8.46. The van der Waals surface area contributed by atoms with E-state index in [0.29, 0.717) is 5.56 Å². The Kier molecular flexibility index (Phi) is 7.22. The fourth-order valence-corrected chi connectivity index (χ4v) is 2.48. The van der Waals surface area contributed by atoms with Gasteiger partial charge in [0.2, 0.25) is 0 Å². The van der Waals surface area contributed by atoms with Gasteiger partial charge in [0.1, 0.15) is 5.82 Å². The zero-order valence-electron chi connectivity index (χ0n) is 14.5. The zero-order valence-corrected chi connectivity index (χ0v) is 14.5. The highest BCUT2D eigenvalue weighted by Gasteiger charge is 1.94. The molecule has 0 bridgehead atoms. The van der Waals surface area contributed by atoms with Gasteiger partial charge in [-0.1, -0.05) is 72.8 Å². The molecule has 0 unspecified atom stereocenters. The normalized spacial score (nSPS) is 9.96. The van der Waals surface area contributed by atoms with Gasteiger partial charge in [-0.25, -0.2) is 4.39 Å². The van der Waals surface area contributed by atoms with Crippen molar-refractivity contribution in [3.8, 4) is 0 Å². The van der Waals surface area contributed by atoms with Crippen LogP contribution in [-0.4, -0.2) is 0 Å². The van der Waals surface area contributed by atoms with Crippen molar-refractivity contribution < 1.29 is 4.39 Å². The van der Waals surface area contributed by atoms with Gasteiger partial charge >= 0.3 is 0 Å². The van der Waals surface area contributed by atoms with Gasteiger partial charge < -0.3 is 0 Å². The molecule has 0 spiro atoms. The van der Waals surface area contributed by atoms with Gasteiger partial charge in [0.15, 0.2) is 0 Å². The Labute approximate surface area is 145 Å². The fraction of sp³-hybridized carbons (Fsp3) is 0.217. The number of benzene rings is 3. The van der Waals surface area contributed by atoms with E-state index < -0.39 is 0 Å². The molecule has 0 saturated carbocycles. The van der Waals surface area contributed by atoms with Crippen LogP contribution in [0.25, 0.3) is 0 Å². The number of halogens is 1. The third-order valence-electron chi connectivity index (χ3n) is 3.94. The highest BCUT2D eigenvalue weighted by Crippen LogP contribution is 2.08. The van der Waals surface area contributed by atoms with E-state index >= 15 is 0 Å². The molecule has 0 nitrogen and oxygen atoms in total. The second kappa shape index (κ2) is 9.67. The Morgan fingerprint density at radius 2 is 1.17 bits per heavy atom. The zero-order chi connectivity index (χ0) is 17.2. The molecule has 24 heavy (non-hydrogen) atoms. The molecule has 0 aliphatic rings. The van der Waals surface area contributed by atoms with E-state index in [0.717, 1.165) is 5.56 Å². The molecule has 3 rings (SSSR count). The Hall–Kier alpha value is -2.41. The van der Waals surface area contributed by atoms with Crippen molar-refractivity contribution in [3.63, 3.8) is 0 Å². The summed E-state index contributed by atoms with van der Waals surface area (Å²) in [5, 5.41) is 0. The molecule has 124 valence electrons. The summed E-state index contributed by atoms with van der Waals surface area (Å²) >= 11 is 0. The second-order valence-corrected chi connectivity index (χ2v) is 6.08. The third-order valence-corrected chi connectivity index (χ3v) is 3.94. The molecule has 0 aliphatic heterocycles. The summed E-state index contributed by atoms with van der Waals surface area (Å²) in [4.78, 5) is 0. The smallest absolute Gasteiger partial charge is 0.126 e. The van der Waals surface area contributed by atoms with E-state index in [1.54, 1.807) is 13.0 Å². The molecule has 0 radical (unpaired) electrons. The van der Waals surface area contributed by atoms with Crippen LogP contribution in [0, 0.1) is 19.7 Å². The van der Waals surface area contributed by atoms with E-state index in [2.05, 4.69) is 60.7 Å². The summed E-state index contributed by atoms with van der Waals surface area (Å²) in [7, 11) is 0. The maximum Gasteiger partial charge on any atom is 0.126 e. The minimum Gasteiger partial charge on any atom is -0.207 e. The first-order chi connectivity index (χ1) is 11.6. The van der Waals surface area contributed by atoms with Crippen LogP contribution in [0.15, 0.2) is 78.9 Å². The van der Waals surface area contributed by atoms with Crippen molar-refractivity contribution in [1.82, 2.24) is 0 Å². The van der Waals surface area contributed by atoms with E-state index in [9.17, 15) is 4.39 Å². The number of rotatable bonds is 4. The van der Waals surface area contributed by atoms with Gasteiger partial charge in [0.05, 0.1) is 0 Å². The molecular formula is C23H25F. The van der Waals surface area contributed by atoms with Gasteiger partial charge in [0, 0.05) is 0 Å². The van der Waals surface area contributed by atoms with Crippen molar-refractivity contribution in [2.24, 2.45) is 0 Å². The van der Waals surface area contributed by atoms with Crippen molar-refractivity contribution >= 4 is 0 Å². The quantitative estimate of drug-likeness (QED) is 0.529. The molecule has 0 fully saturated rings. The molecule has 0 heterocycles. The SMILES string of the molecule is Cc1ccc(C)c(F)c1.c1ccc(CCCc2ccccc2)cc1. The highest BCUT2D eigenvalue weighted by atomic mass is 19.1. The maximum atomic E-state index is 12.6. The summed E-state index contributed by atoms with van der Waals surface area (Å²) in [6, 6.07) is 26.6. The monoisotopic (exact) mass is 320 g/mol. The minimum absolute atomic E-state index is 0.116. The van der Waals surface area contributed by atoms with Crippen LogP contribution in [-0.2, 0) is 12.8 Å². The van der Waals surface area contributed by atoms with E-state index in [4.69, 9.17) is 0 Å². The molecule has 1 heteroatoms. The molecule has 3 aromatic carbocycles. The first-order valence-electron chi connectivity index (χ1n) is 8.46. The molecular weight excluding hydrogens is 295 g/mol. The highest BCUT2D eigenvalue weighted by molar-refractivity contribution is 5.21. The summed E-state index contributed by atoms with van der Waals surface area (Å²) in [5.41, 5.74) is 4.56. The van der Waals surface area contributed by atoms with E-state index in [1.807, 2.05) is 13.0 Å². The van der Waals surface area contributed by atoms with Crippen LogP contribution < -0.4 is 0 Å². The van der Waals surface area contributed by atoms with E-state index in [1.165, 1.54) is 36.5 Å². The summed E-state index contributed by atoms with van der Waals surface area (Å²) in [6.45, 7) is 3.64. The van der Waals surface area contributed by atoms with Crippen LogP contribution >= 0.6 is 0 Å². The van der Waals surface area contributed by atoms with Crippen molar-refractivity contribution in [1.29, 1.82) is 0 Å². The topological polar surface area (TPSA) is 0 Å². The Bertz CT molecular complexity index is 678. The first kappa shape index (κ1) is 17.9. The van der Waals surface area contributed by atoms with Crippen molar-refractivity contribution in [3.05, 3.63) is 107 Å². The van der Waals surface area contributed by atoms with Gasteiger partial charge in [-0.15, -0.1) is 0 Å². The Balaban J connectivity index is 0.000000198. The van der Waals surface area contributed by atoms with Crippen molar-refractivity contribution in [2.45, 2.75) is 33.1 Å². The van der Waals surface area contributed by atoms with Gasteiger partial charge in [-0.05, 0) is 61.4 Å². The average molecular weight is 320 g/mol. The molecule has 0 saturated heterocycles. The Morgan fingerprint density at radius 1 is 0.667 bits per heavy atom. The predicted octanol–water partition coefficient (Wildman–Crippen LogP) is 6.30. The van der Waals surface area contributed by atoms with Gasteiger partial charge in [0.25, 0.3) is 0 Å². The minimum atomic E-state index is -0.116. The van der Waals surface area contributed by atoms with Crippen molar-refractivity contribution in [2.75, 3.05) is 0 Å². The fourth-order valence-electron chi connectivity index (χ4n) is 2.48. The lowest BCUT2D eigenvalue weighted by atomic mass is 10.0. The molecule has 3 aromatic rings. The summed E-state index contributed by atoms with van der Waals surface area (Å²) in [6.07, 6.45) is 3.58. The lowest BCUT2D eigenvalue weighted by molar-refractivity contribution is 0.617. The number of hydrogen-bond acceptors (Lipinski definition) is 0. The average Bonchev–Trinajstić information content (AvgIpc) is 2.61. The second-order valence-electron chi connectivity index (χ2n) is 6.08. The largest absolute Gasteiger partial charge is 0.207 e. The predicted molar refractivity (Wildman–Crippen MR) is 101 cm³/mol. The Morgan fingerprint density at radius 3 is 1.58 bits per heavy atom. The summed E-state index contributed by atoms with van der Waals surface area (Å²) in [5.74, 6) is -0.116. The lowest BCUT2D eigenvalue weighted by Crippen LogP contribution is -1.89. The van der Waals surface area contributed by atoms with Crippen LogP contribution in [0.5, 0.6) is 0 Å². The third kappa shape index (κ3) is 6.37. The molecule has 0 N–H and O–H groups in total. The lowest BCUT2D eigenvalue weighted by Gasteiger charge is -2.01. The molecule has 0 aromatic heterocycles. The number of aryl methyl sites for hydroxylation is 4. The van der Waals surface area contributed by atoms with Gasteiger partial charge in [-0.3, -0.25) is 0 Å². The molecule has 0 aliphatic carbocycles. The molecule has 0 atom stereocenters. The summed E-state index contributed by atoms with van der Waals surface area (Å²) < 4.78 is 12.6. The molecule has 0 amide bonds.